The molecule has 0 rings (SSSR count). The number of aliphatic hydroxyl groups excluding tert-OH is 1. The normalized spacial score (nSPS) is 8.18. The van der Waals surface area contributed by atoms with Crippen LogP contribution in [0.25, 0.3) is 0 Å². The maximum Gasteiger partial charge on any atom is 0.296 e. The fourth-order valence-corrected chi connectivity index (χ4v) is 0.771. The van der Waals surface area contributed by atoms with Crippen molar-refractivity contribution in [2.24, 2.45) is 0 Å². The summed E-state index contributed by atoms with van der Waals surface area (Å²) in [5, 5.41) is 11.0. The highest BCUT2D eigenvalue weighted by molar-refractivity contribution is 14.1. The summed E-state index contributed by atoms with van der Waals surface area (Å²) in [6.07, 6.45) is 1.52. The van der Waals surface area contributed by atoms with Crippen molar-refractivity contribution in [3.8, 4) is 9.85 Å². The monoisotopic (exact) mass is 267 g/mol. The zero-order valence-corrected chi connectivity index (χ0v) is 8.22. The van der Waals surface area contributed by atoms with Crippen LogP contribution in [0.3, 0.4) is 0 Å². The first-order valence-corrected chi connectivity index (χ1v) is 4.39. The summed E-state index contributed by atoms with van der Waals surface area (Å²) in [4.78, 5) is 10.7. The summed E-state index contributed by atoms with van der Waals surface area (Å²) >= 11 is 1.81. The predicted octanol–water partition coefficient (Wildman–Crippen LogP) is 0.271. The number of hydrogen-bond acceptors (Lipinski definition) is 2. The van der Waals surface area contributed by atoms with E-state index in [0.29, 0.717) is 6.54 Å². The lowest BCUT2D eigenvalue weighted by atomic mass is 10.3. The van der Waals surface area contributed by atoms with Crippen LogP contribution in [0.5, 0.6) is 0 Å². The Hall–Kier alpha value is -0.280. The fraction of sp³-hybridized carbons (Fsp3) is 0.571. The van der Waals surface area contributed by atoms with Crippen LogP contribution < -0.4 is 5.32 Å². The third-order valence-electron chi connectivity index (χ3n) is 1.03. The molecular weight excluding hydrogens is 257 g/mol. The summed E-state index contributed by atoms with van der Waals surface area (Å²) in [7, 11) is 0. The quantitative estimate of drug-likeness (QED) is 0.436. The van der Waals surface area contributed by atoms with Gasteiger partial charge in [-0.2, -0.15) is 0 Å². The largest absolute Gasteiger partial charge is 0.396 e. The molecule has 11 heavy (non-hydrogen) atoms. The highest BCUT2D eigenvalue weighted by Crippen LogP contribution is 1.83. The van der Waals surface area contributed by atoms with Crippen LogP contribution in [0.1, 0.15) is 12.8 Å². The number of carbonyl (C=O) groups is 1. The summed E-state index contributed by atoms with van der Waals surface area (Å²) in [6, 6.07) is 0. The number of halogens is 1. The van der Waals surface area contributed by atoms with E-state index in [4.69, 9.17) is 5.11 Å². The Balaban J connectivity index is 3.22. The van der Waals surface area contributed by atoms with Gasteiger partial charge in [-0.3, -0.25) is 4.79 Å². The smallest absolute Gasteiger partial charge is 0.296 e. The minimum absolute atomic E-state index is 0.174. The van der Waals surface area contributed by atoms with Crippen LogP contribution in [0, 0.1) is 9.85 Å². The van der Waals surface area contributed by atoms with E-state index in [9.17, 15) is 4.79 Å². The Labute approximate surface area is 79.7 Å². The van der Waals surface area contributed by atoms with Crippen molar-refractivity contribution >= 4 is 28.5 Å². The molecule has 1 amide bonds. The number of hydrogen-bond donors (Lipinski definition) is 2. The van der Waals surface area contributed by atoms with Gasteiger partial charge in [0.2, 0.25) is 0 Å². The second kappa shape index (κ2) is 7.82. The maximum absolute atomic E-state index is 10.7. The molecule has 62 valence electrons. The van der Waals surface area contributed by atoms with Gasteiger partial charge in [0, 0.05) is 41.7 Å². The molecule has 0 heterocycles. The summed E-state index contributed by atoms with van der Waals surface area (Å²) in [5.74, 6) is 2.09. The molecule has 0 spiro atoms. The Morgan fingerprint density at radius 2 is 2.27 bits per heavy atom. The number of nitrogens with one attached hydrogen (secondary N) is 1. The molecule has 0 aromatic heterocycles. The SMILES string of the molecule is O=C(C#CI)NCCCCO. The predicted molar refractivity (Wildman–Crippen MR) is 51.1 cm³/mol. The lowest BCUT2D eigenvalue weighted by molar-refractivity contribution is -0.115. The molecule has 0 aliphatic carbocycles. The lowest BCUT2D eigenvalue weighted by Gasteiger charge is -1.97. The highest BCUT2D eigenvalue weighted by atomic mass is 127. The molecule has 0 fully saturated rings. The Morgan fingerprint density at radius 1 is 1.55 bits per heavy atom. The molecule has 0 radical (unpaired) electrons. The van der Waals surface area contributed by atoms with Gasteiger partial charge in [0.05, 0.1) is 0 Å². The first-order chi connectivity index (χ1) is 5.31. The van der Waals surface area contributed by atoms with Gasteiger partial charge in [-0.25, -0.2) is 0 Å². The first kappa shape index (κ1) is 10.7. The van der Waals surface area contributed by atoms with Crippen LogP contribution >= 0.6 is 22.6 Å². The van der Waals surface area contributed by atoms with Crippen LogP contribution in [0.2, 0.25) is 0 Å². The zero-order chi connectivity index (χ0) is 8.53. The number of amides is 1. The molecule has 0 aliphatic rings. The molecule has 4 heteroatoms. The molecule has 2 N–H and O–H groups in total. The Kier molecular flexibility index (Phi) is 7.62. The molecule has 0 aromatic rings. The molecule has 0 aliphatic heterocycles. The zero-order valence-electron chi connectivity index (χ0n) is 6.06. The van der Waals surface area contributed by atoms with Crippen molar-refractivity contribution in [1.82, 2.24) is 5.32 Å². The number of unbranched alkanes of at least 4 members (excludes halogenated alkanes) is 1. The average Bonchev–Trinajstić information content (AvgIpc) is 1.99. The van der Waals surface area contributed by atoms with Crippen LogP contribution in [-0.2, 0) is 4.79 Å². The Bertz CT molecular complexity index is 171. The molecule has 0 saturated carbocycles. The van der Waals surface area contributed by atoms with Crippen molar-refractivity contribution in [3.63, 3.8) is 0 Å². The van der Waals surface area contributed by atoms with Gasteiger partial charge in [0.25, 0.3) is 5.91 Å². The maximum atomic E-state index is 10.7. The van der Waals surface area contributed by atoms with E-state index in [1.807, 2.05) is 22.6 Å². The lowest BCUT2D eigenvalue weighted by Crippen LogP contribution is -2.22. The van der Waals surface area contributed by atoms with E-state index >= 15 is 0 Å². The second-order valence-corrected chi connectivity index (χ2v) is 2.45. The van der Waals surface area contributed by atoms with E-state index in [0.717, 1.165) is 12.8 Å². The van der Waals surface area contributed by atoms with Gasteiger partial charge in [-0.1, -0.05) is 0 Å². The van der Waals surface area contributed by atoms with Gasteiger partial charge in [0.1, 0.15) is 0 Å². The molecule has 0 aromatic carbocycles. The first-order valence-electron chi connectivity index (χ1n) is 3.31. The Morgan fingerprint density at radius 3 is 2.82 bits per heavy atom. The minimum atomic E-state index is -0.252. The fourth-order valence-electron chi connectivity index (χ4n) is 0.526. The van der Waals surface area contributed by atoms with Crippen LogP contribution in [0.4, 0.5) is 0 Å². The van der Waals surface area contributed by atoms with Gasteiger partial charge in [-0.15, -0.1) is 0 Å². The summed E-state index contributed by atoms with van der Waals surface area (Å²) < 4.78 is 2.47. The van der Waals surface area contributed by atoms with Crippen LogP contribution in [0.15, 0.2) is 0 Å². The molecule has 0 saturated heterocycles. The van der Waals surface area contributed by atoms with Gasteiger partial charge >= 0.3 is 0 Å². The highest BCUT2D eigenvalue weighted by Gasteiger charge is 1.92. The van der Waals surface area contributed by atoms with Gasteiger partial charge < -0.3 is 10.4 Å². The standard InChI is InChI=1S/C7H10INO2/c8-4-3-7(11)9-5-1-2-6-10/h10H,1-2,5-6H2,(H,9,11). The van der Waals surface area contributed by atoms with Gasteiger partial charge in [0.15, 0.2) is 0 Å². The number of rotatable bonds is 4. The minimum Gasteiger partial charge on any atom is -0.396 e. The van der Waals surface area contributed by atoms with Crippen molar-refractivity contribution in [1.29, 1.82) is 0 Å². The number of carbonyl (C=O) groups excluding carboxylic acids is 1. The average molecular weight is 267 g/mol. The van der Waals surface area contributed by atoms with E-state index < -0.39 is 0 Å². The molecular formula is C7H10INO2. The molecule has 0 atom stereocenters. The second-order valence-electron chi connectivity index (χ2n) is 1.91. The van der Waals surface area contributed by atoms with E-state index in [1.54, 1.807) is 0 Å². The molecule has 0 bridgehead atoms. The summed E-state index contributed by atoms with van der Waals surface area (Å²) in [5.41, 5.74) is 0. The molecule has 0 unspecified atom stereocenters. The van der Waals surface area contributed by atoms with Crippen molar-refractivity contribution in [2.45, 2.75) is 12.8 Å². The van der Waals surface area contributed by atoms with E-state index in [-0.39, 0.29) is 12.5 Å². The number of aliphatic hydroxyl groups is 1. The van der Waals surface area contributed by atoms with Crippen molar-refractivity contribution in [3.05, 3.63) is 0 Å². The van der Waals surface area contributed by atoms with Crippen molar-refractivity contribution < 1.29 is 9.90 Å². The van der Waals surface area contributed by atoms with E-state index in [1.165, 1.54) is 0 Å². The van der Waals surface area contributed by atoms with Crippen molar-refractivity contribution in [2.75, 3.05) is 13.2 Å². The third kappa shape index (κ3) is 7.62. The van der Waals surface area contributed by atoms with Gasteiger partial charge in [-0.05, 0) is 16.8 Å². The summed E-state index contributed by atoms with van der Waals surface area (Å²) in [6.45, 7) is 0.762. The van der Waals surface area contributed by atoms with E-state index in [2.05, 4.69) is 15.2 Å². The third-order valence-corrected chi connectivity index (χ3v) is 1.30. The molecule has 3 nitrogen and oxygen atoms in total. The topological polar surface area (TPSA) is 49.3 Å². The van der Waals surface area contributed by atoms with Crippen LogP contribution in [-0.4, -0.2) is 24.2 Å².